The number of hydrogen-bond acceptors (Lipinski definition) is 4. The quantitative estimate of drug-likeness (QED) is 0.788. The van der Waals surface area contributed by atoms with Crippen LogP contribution in [-0.2, 0) is 13.5 Å². The van der Waals surface area contributed by atoms with Crippen LogP contribution >= 0.6 is 11.6 Å². The molecule has 0 radical (unpaired) electrons. The van der Waals surface area contributed by atoms with Crippen molar-refractivity contribution in [3.8, 4) is 11.6 Å². The van der Waals surface area contributed by atoms with Crippen LogP contribution in [0.25, 0.3) is 0 Å². The van der Waals surface area contributed by atoms with Crippen LogP contribution in [0.2, 0.25) is 5.15 Å². The second kappa shape index (κ2) is 4.71. The van der Waals surface area contributed by atoms with Crippen molar-refractivity contribution in [3.63, 3.8) is 0 Å². The molecule has 0 spiro atoms. The van der Waals surface area contributed by atoms with Crippen molar-refractivity contribution in [1.82, 2.24) is 19.7 Å². The van der Waals surface area contributed by atoms with Crippen LogP contribution in [0.15, 0.2) is 12.4 Å². The van der Waals surface area contributed by atoms with Gasteiger partial charge in [-0.15, -0.1) is 0 Å². The summed E-state index contributed by atoms with van der Waals surface area (Å²) >= 11 is 6.02. The van der Waals surface area contributed by atoms with Gasteiger partial charge in [-0.05, 0) is 6.92 Å². The van der Waals surface area contributed by atoms with E-state index in [0.29, 0.717) is 29.0 Å². The lowest BCUT2D eigenvalue weighted by Crippen LogP contribution is -1.99. The SMILES string of the molecule is CCc1nc(Cl)c(C)c(Oc2cnn(C)c2)n1. The molecule has 0 N–H and O–H groups in total. The first kappa shape index (κ1) is 11.9. The molecule has 2 aromatic heterocycles. The molecule has 0 aliphatic rings. The third-order valence-corrected chi connectivity index (χ3v) is 2.67. The highest BCUT2D eigenvalue weighted by atomic mass is 35.5. The van der Waals surface area contributed by atoms with Crippen LogP contribution < -0.4 is 4.74 Å². The van der Waals surface area contributed by atoms with Crippen molar-refractivity contribution < 1.29 is 4.74 Å². The number of nitrogens with zero attached hydrogens (tertiary/aromatic N) is 4. The van der Waals surface area contributed by atoms with Gasteiger partial charge in [0.15, 0.2) is 5.75 Å². The number of aromatic nitrogens is 4. The maximum absolute atomic E-state index is 6.02. The Morgan fingerprint density at radius 1 is 1.41 bits per heavy atom. The molecule has 2 rings (SSSR count). The molecule has 2 heterocycles. The Hall–Kier alpha value is -1.62. The van der Waals surface area contributed by atoms with E-state index in [0.717, 1.165) is 5.56 Å². The van der Waals surface area contributed by atoms with Gasteiger partial charge in [0.25, 0.3) is 0 Å². The monoisotopic (exact) mass is 252 g/mol. The average Bonchev–Trinajstić information content (AvgIpc) is 2.70. The summed E-state index contributed by atoms with van der Waals surface area (Å²) in [6.45, 7) is 3.79. The van der Waals surface area contributed by atoms with E-state index in [2.05, 4.69) is 15.1 Å². The van der Waals surface area contributed by atoms with Gasteiger partial charge in [-0.2, -0.15) is 10.1 Å². The van der Waals surface area contributed by atoms with Crippen molar-refractivity contribution in [1.29, 1.82) is 0 Å². The van der Waals surface area contributed by atoms with Gasteiger partial charge in [0.2, 0.25) is 5.88 Å². The van der Waals surface area contributed by atoms with E-state index in [1.54, 1.807) is 17.1 Å². The predicted octanol–water partition coefficient (Wildman–Crippen LogP) is 2.53. The molecule has 0 aliphatic carbocycles. The molecule has 90 valence electrons. The van der Waals surface area contributed by atoms with E-state index in [1.165, 1.54) is 0 Å². The lowest BCUT2D eigenvalue weighted by atomic mass is 10.3. The van der Waals surface area contributed by atoms with Crippen LogP contribution in [-0.4, -0.2) is 19.7 Å². The predicted molar refractivity (Wildman–Crippen MR) is 64.4 cm³/mol. The summed E-state index contributed by atoms with van der Waals surface area (Å²) < 4.78 is 7.30. The van der Waals surface area contributed by atoms with Crippen LogP contribution in [0.3, 0.4) is 0 Å². The fourth-order valence-corrected chi connectivity index (χ4v) is 1.51. The highest BCUT2D eigenvalue weighted by molar-refractivity contribution is 6.30. The molecule has 0 fully saturated rings. The number of halogens is 1. The molecule has 2 aromatic rings. The largest absolute Gasteiger partial charge is 0.435 e. The summed E-state index contributed by atoms with van der Waals surface area (Å²) in [6.07, 6.45) is 4.10. The Bertz CT molecular complexity index is 538. The van der Waals surface area contributed by atoms with Gasteiger partial charge in [-0.3, -0.25) is 4.68 Å². The Kier molecular flexibility index (Phi) is 3.28. The normalized spacial score (nSPS) is 10.6. The standard InChI is InChI=1S/C11H13ClN4O/c1-4-9-14-10(12)7(2)11(15-9)17-8-5-13-16(3)6-8/h5-6H,4H2,1-3H3. The molecule has 0 aliphatic heterocycles. The van der Waals surface area contributed by atoms with Crippen molar-refractivity contribution in [2.75, 3.05) is 0 Å². The highest BCUT2D eigenvalue weighted by Gasteiger charge is 2.11. The van der Waals surface area contributed by atoms with Gasteiger partial charge in [-0.1, -0.05) is 18.5 Å². The van der Waals surface area contributed by atoms with E-state index < -0.39 is 0 Å². The first-order chi connectivity index (χ1) is 8.10. The Balaban J connectivity index is 2.34. The third kappa shape index (κ3) is 2.55. The Labute approximate surface area is 104 Å². The minimum atomic E-state index is 0.427. The molecule has 0 aromatic carbocycles. The van der Waals surface area contributed by atoms with Crippen LogP contribution in [0.5, 0.6) is 11.6 Å². The summed E-state index contributed by atoms with van der Waals surface area (Å²) in [5.41, 5.74) is 0.729. The van der Waals surface area contributed by atoms with Gasteiger partial charge >= 0.3 is 0 Å². The van der Waals surface area contributed by atoms with E-state index in [1.807, 2.05) is 20.9 Å². The molecule has 0 atom stereocenters. The number of hydrogen-bond donors (Lipinski definition) is 0. The number of rotatable bonds is 3. The molecule has 0 saturated carbocycles. The molecule has 0 saturated heterocycles. The van der Waals surface area contributed by atoms with Crippen LogP contribution in [0.4, 0.5) is 0 Å². The fraction of sp³-hybridized carbons (Fsp3) is 0.364. The summed E-state index contributed by atoms with van der Waals surface area (Å²) in [6, 6.07) is 0. The smallest absolute Gasteiger partial charge is 0.227 e. The lowest BCUT2D eigenvalue weighted by Gasteiger charge is -2.08. The zero-order chi connectivity index (χ0) is 12.4. The van der Waals surface area contributed by atoms with Gasteiger partial charge in [0.05, 0.1) is 12.4 Å². The lowest BCUT2D eigenvalue weighted by molar-refractivity contribution is 0.454. The number of ether oxygens (including phenoxy) is 1. The molecule has 0 unspecified atom stereocenters. The molecule has 0 bridgehead atoms. The van der Waals surface area contributed by atoms with Gasteiger partial charge < -0.3 is 4.74 Å². The van der Waals surface area contributed by atoms with Gasteiger partial charge in [0, 0.05) is 19.0 Å². The first-order valence-corrected chi connectivity index (χ1v) is 5.67. The molecule has 5 nitrogen and oxygen atoms in total. The molecule has 17 heavy (non-hydrogen) atoms. The third-order valence-electron chi connectivity index (χ3n) is 2.30. The van der Waals surface area contributed by atoms with Crippen LogP contribution in [0, 0.1) is 6.92 Å². The zero-order valence-electron chi connectivity index (χ0n) is 9.94. The topological polar surface area (TPSA) is 52.8 Å². The van der Waals surface area contributed by atoms with Gasteiger partial charge in [-0.25, -0.2) is 4.98 Å². The van der Waals surface area contributed by atoms with E-state index in [-0.39, 0.29) is 0 Å². The van der Waals surface area contributed by atoms with Crippen molar-refractivity contribution in [2.45, 2.75) is 20.3 Å². The summed E-state index contributed by atoms with van der Waals surface area (Å²) in [4.78, 5) is 8.45. The minimum absolute atomic E-state index is 0.427. The summed E-state index contributed by atoms with van der Waals surface area (Å²) in [5, 5.41) is 4.45. The van der Waals surface area contributed by atoms with E-state index in [9.17, 15) is 0 Å². The molecule has 0 amide bonds. The number of aryl methyl sites for hydroxylation is 2. The van der Waals surface area contributed by atoms with E-state index >= 15 is 0 Å². The van der Waals surface area contributed by atoms with Crippen molar-refractivity contribution in [2.24, 2.45) is 7.05 Å². The first-order valence-electron chi connectivity index (χ1n) is 5.29. The Morgan fingerprint density at radius 3 is 2.76 bits per heavy atom. The fourth-order valence-electron chi connectivity index (χ4n) is 1.33. The maximum Gasteiger partial charge on any atom is 0.227 e. The second-order valence-corrected chi connectivity index (χ2v) is 4.02. The molecule has 6 heteroatoms. The maximum atomic E-state index is 6.02. The van der Waals surface area contributed by atoms with Crippen molar-refractivity contribution in [3.05, 3.63) is 28.9 Å². The average molecular weight is 253 g/mol. The molecular formula is C11H13ClN4O. The minimum Gasteiger partial charge on any atom is -0.435 e. The van der Waals surface area contributed by atoms with Gasteiger partial charge in [0.1, 0.15) is 11.0 Å². The Morgan fingerprint density at radius 2 is 2.18 bits per heavy atom. The van der Waals surface area contributed by atoms with Crippen molar-refractivity contribution >= 4 is 11.6 Å². The van der Waals surface area contributed by atoms with Crippen LogP contribution in [0.1, 0.15) is 18.3 Å². The molecular weight excluding hydrogens is 240 g/mol. The zero-order valence-corrected chi connectivity index (χ0v) is 10.7. The summed E-state index contributed by atoms with van der Waals surface area (Å²) in [7, 11) is 1.82. The van der Waals surface area contributed by atoms with E-state index in [4.69, 9.17) is 16.3 Å². The second-order valence-electron chi connectivity index (χ2n) is 3.67. The summed E-state index contributed by atoms with van der Waals surface area (Å²) in [5.74, 6) is 1.78. The highest BCUT2D eigenvalue weighted by Crippen LogP contribution is 2.26.